The maximum atomic E-state index is 13.1. The van der Waals surface area contributed by atoms with Gasteiger partial charge in [-0.15, -0.1) is 50.6 Å². The number of aliphatic hydroxyl groups is 6. The number of nitrogens with zero attached hydrogens (tertiary/aromatic N) is 9. The molecule has 29 nitrogen and oxygen atoms in total. The third-order valence-corrected chi connectivity index (χ3v) is 40.3. The Balaban J connectivity index is 0.000000359. The number of carbonyl (C=O) groups is 3. The number of Topliss-reactive ketones (excluding diaryl/α,β-unsaturated/α-hetero) is 3. The minimum Gasteiger partial charge on any atom is -0.411 e. The Bertz CT molecular complexity index is 5750. The van der Waals surface area contributed by atoms with E-state index in [1.165, 1.54) is 27.7 Å². The summed E-state index contributed by atoms with van der Waals surface area (Å²) in [5.41, 5.74) is 6.87. The molecule has 0 radical (unpaired) electrons. The van der Waals surface area contributed by atoms with Gasteiger partial charge in [-0.2, -0.15) is 21.0 Å². The summed E-state index contributed by atoms with van der Waals surface area (Å²) in [6, 6.07) is 22.9. The van der Waals surface area contributed by atoms with Crippen LogP contribution in [0.3, 0.4) is 0 Å². The minimum atomic E-state index is -4.06. The van der Waals surface area contributed by atoms with Crippen LogP contribution in [0.2, 0.25) is 18.1 Å². The van der Waals surface area contributed by atoms with Crippen molar-refractivity contribution in [3.05, 3.63) is 175 Å². The lowest BCUT2D eigenvalue weighted by atomic mass is 9.85. The smallest absolute Gasteiger partial charge is 0.292 e. The van der Waals surface area contributed by atoms with Crippen LogP contribution in [0.5, 0.6) is 5.75 Å². The molecule has 8 aromatic rings. The Morgan fingerprint density at radius 1 is 0.393 bits per heavy atom. The lowest BCUT2D eigenvalue weighted by molar-refractivity contribution is -0.116. The third kappa shape index (κ3) is 32.5. The number of primary sulfonamides is 1. The van der Waals surface area contributed by atoms with Crippen LogP contribution in [-0.4, -0.2) is 127 Å². The van der Waals surface area contributed by atoms with Crippen molar-refractivity contribution in [3.8, 4) is 36.3 Å². The SMILES string of the molecule is CC(C)(O)c1nc(CO[Si](C)(C)C(C)(C)C)c(S(N)(=O)=O)s1.CC(C)c1cc(C#N)cc(C(C)C)c1CC(=O)CS(=O)(=O)c1sc(C(C)(C)O)nc1CO.CC(C)c1cc(C#N)cc(C(C)C)c1CC(=O)CS(=O)(=O)c1sc(C(C)(C)O)nc1CO.CC(C)c1cc(C#N)cc(C(C)C)c1OC#N.CCc1nc(C(C)(C)O)sc1S(=O)(=O)CC(=O)Cc1c(C(C)C)cc(C#N)cc1C(C)C. The lowest BCUT2D eigenvalue weighted by Gasteiger charge is -2.35. The standard InChI is InChI=1S/C24H32N2O4S2.2C23H30N2O5S2.C14H16N2O.C13H26N2O4S2Si/c1-8-21-22(31-23(26-21)24(6,7)28)32(29,30)13-17(27)11-20-18(14(2)3)9-16(12-25)10-19(20)15(4)5;2*1-13(2)17-7-15(10-24)8-18(14(3)4)19(17)9-16(27)12-32(29,30)21-20(11-26)25-22(31-21)23(5,6)28;1-9(2)12-5-11(7-15)6-13(10(3)4)14(12)17-8-16;1-12(2,3)22(6,7)19-8-9-10(21(14,17)18)20-11(15-9)13(4,5)16/h9-10,14-15,28H,8,11,13H2,1-7H3;2*7-8,13-14,26,28H,9,11-12H2,1-6H3;5-6,9-10H,1-4H3;16H,8H2,1-7H3,(H2,14,17,18). The molecule has 0 aliphatic rings. The summed E-state index contributed by atoms with van der Waals surface area (Å²) in [6.45, 7) is 55.0. The number of hydrogen-bond acceptors (Lipinski definition) is 32. The number of thiazole rings is 4. The molecule has 0 saturated carbocycles. The second-order valence-electron chi connectivity index (χ2n) is 39.2. The van der Waals surface area contributed by atoms with E-state index in [0.29, 0.717) is 50.1 Å². The normalized spacial score (nSPS) is 12.4. The van der Waals surface area contributed by atoms with E-state index < -0.39 is 118 Å². The zero-order valence-corrected chi connectivity index (χ0v) is 90.7. The molecule has 4 heterocycles. The highest BCUT2D eigenvalue weighted by molar-refractivity contribution is 7.95. The molecule has 8 N–H and O–H groups in total. The molecule has 135 heavy (non-hydrogen) atoms. The number of aryl methyl sites for hydroxylation is 1. The van der Waals surface area contributed by atoms with E-state index in [0.717, 1.165) is 107 Å². The van der Waals surface area contributed by atoms with Gasteiger partial charge in [0, 0.05) is 30.4 Å². The summed E-state index contributed by atoms with van der Waals surface area (Å²) in [4.78, 5) is 55.5. The Morgan fingerprint density at radius 2 is 0.615 bits per heavy atom. The van der Waals surface area contributed by atoms with E-state index in [2.05, 4.69) is 78.1 Å². The van der Waals surface area contributed by atoms with E-state index in [-0.39, 0.29) is 122 Å². The molecule has 0 aliphatic carbocycles. The number of aliphatic hydroxyl groups excluding tert-OH is 2. The van der Waals surface area contributed by atoms with Gasteiger partial charge in [0.15, 0.2) is 59.4 Å². The largest absolute Gasteiger partial charge is 0.411 e. The molecule has 0 amide bonds. The fourth-order valence-corrected chi connectivity index (χ4v) is 25.3. The number of sulfone groups is 3. The number of ketones is 3. The van der Waals surface area contributed by atoms with Crippen molar-refractivity contribution in [2.45, 2.75) is 344 Å². The Labute approximate surface area is 815 Å². The van der Waals surface area contributed by atoms with Crippen LogP contribution in [0.15, 0.2) is 65.4 Å². The first-order valence-electron chi connectivity index (χ1n) is 44.1. The fraction of sp³-hybridized carbons (Fsp3) is 0.546. The summed E-state index contributed by atoms with van der Waals surface area (Å²) in [5.74, 6) is -2.05. The lowest BCUT2D eigenvalue weighted by Crippen LogP contribution is -2.40. The average Bonchev–Trinajstić information content (AvgIpc) is 1.69. The molecule has 0 spiro atoms. The van der Waals surface area contributed by atoms with Crippen molar-refractivity contribution in [2.24, 2.45) is 5.14 Å². The van der Waals surface area contributed by atoms with E-state index >= 15 is 0 Å². The number of ether oxygens (including phenoxy) is 1. The molecule has 738 valence electrons. The number of hydrogen-bond donors (Lipinski definition) is 7. The molecule has 0 bridgehead atoms. The second-order valence-corrected chi connectivity index (χ2v) is 56.3. The Hall–Kier alpha value is -8.64. The van der Waals surface area contributed by atoms with E-state index in [1.54, 1.807) is 89.4 Å². The number of sulfonamides is 1. The highest BCUT2D eigenvalue weighted by Gasteiger charge is 2.40. The van der Waals surface area contributed by atoms with Gasteiger partial charge >= 0.3 is 0 Å². The van der Waals surface area contributed by atoms with Gasteiger partial charge in [-0.1, -0.05) is 138 Å². The number of aromatic nitrogens is 4. The first-order valence-corrected chi connectivity index (χ1v) is 56.7. The van der Waals surface area contributed by atoms with Crippen LogP contribution >= 0.6 is 45.3 Å². The molecule has 4 aromatic carbocycles. The summed E-state index contributed by atoms with van der Waals surface area (Å²) < 4.78 is 112. The van der Waals surface area contributed by atoms with Crippen molar-refractivity contribution in [1.29, 1.82) is 26.3 Å². The van der Waals surface area contributed by atoms with Crippen molar-refractivity contribution >= 4 is 111 Å². The van der Waals surface area contributed by atoms with Crippen LogP contribution in [-0.2, 0) is 126 Å². The molecule has 0 fully saturated rings. The first-order chi connectivity index (χ1) is 61.7. The maximum Gasteiger partial charge on any atom is 0.292 e. The van der Waals surface area contributed by atoms with Crippen LogP contribution in [0.1, 0.15) is 367 Å². The van der Waals surface area contributed by atoms with Gasteiger partial charge in [0.25, 0.3) is 6.26 Å². The van der Waals surface area contributed by atoms with Crippen LogP contribution in [0.4, 0.5) is 0 Å². The van der Waals surface area contributed by atoms with Crippen molar-refractivity contribution in [3.63, 3.8) is 0 Å². The zero-order chi connectivity index (χ0) is 104. The number of nitriles is 5. The van der Waals surface area contributed by atoms with Gasteiger partial charge in [-0.25, -0.2) is 58.7 Å². The molecule has 4 aromatic heterocycles. The van der Waals surface area contributed by atoms with E-state index in [4.69, 9.17) is 24.8 Å². The van der Waals surface area contributed by atoms with Gasteiger partial charge in [-0.05, 0) is 226 Å². The quantitative estimate of drug-likeness (QED) is 0.0143. The molecular formula is C97H134N10O19S8Si. The summed E-state index contributed by atoms with van der Waals surface area (Å²) in [6.07, 6.45) is 1.96. The third-order valence-electron chi connectivity index (χ3n) is 21.8. The van der Waals surface area contributed by atoms with Crippen LogP contribution < -0.4 is 9.88 Å². The molecule has 0 saturated heterocycles. The number of nitrogens with two attached hydrogens (primary N) is 1. The number of carbonyl (C=O) groups excluding carboxylic acids is 3. The topological polar surface area (TPSA) is 524 Å². The molecule has 0 unspecified atom stereocenters. The van der Waals surface area contributed by atoms with Gasteiger partial charge in [0.2, 0.25) is 10.0 Å². The fourth-order valence-electron chi connectivity index (χ4n) is 13.7. The first kappa shape index (κ1) is 119. The zero-order valence-electron chi connectivity index (χ0n) is 83.2. The van der Waals surface area contributed by atoms with Crippen molar-refractivity contribution in [2.75, 3.05) is 17.3 Å². The Kier molecular flexibility index (Phi) is 42.0. The van der Waals surface area contributed by atoms with Gasteiger partial charge in [0.05, 0.1) is 89.1 Å². The van der Waals surface area contributed by atoms with Gasteiger partial charge in [-0.3, -0.25) is 14.4 Å². The van der Waals surface area contributed by atoms with Gasteiger partial charge < -0.3 is 39.8 Å². The summed E-state index contributed by atoms with van der Waals surface area (Å²) in [7, 11) is -17.9. The Morgan fingerprint density at radius 3 is 0.815 bits per heavy atom. The molecule has 0 aliphatic heterocycles. The van der Waals surface area contributed by atoms with Crippen LogP contribution in [0.25, 0.3) is 0 Å². The predicted molar refractivity (Wildman–Crippen MR) is 530 cm³/mol. The number of rotatable bonds is 35. The van der Waals surface area contributed by atoms with Crippen LogP contribution in [0, 0.1) is 56.8 Å². The highest BCUT2D eigenvalue weighted by Crippen LogP contribution is 2.43. The van der Waals surface area contributed by atoms with E-state index in [1.807, 2.05) is 111 Å². The highest BCUT2D eigenvalue weighted by atomic mass is 32.3. The summed E-state index contributed by atoms with van der Waals surface area (Å²) in [5, 5.41) is 112. The second kappa shape index (κ2) is 47.8. The molecule has 0 atom stereocenters. The molecular weight excluding hydrogens is 1890 g/mol. The summed E-state index contributed by atoms with van der Waals surface area (Å²) >= 11 is 3.36. The average molecular weight is 2030 g/mol. The minimum absolute atomic E-state index is 0.00382. The van der Waals surface area contributed by atoms with Crippen molar-refractivity contribution < 1.29 is 87.9 Å². The monoisotopic (exact) mass is 2030 g/mol. The number of benzene rings is 4. The van der Waals surface area contributed by atoms with E-state index in [9.17, 15) is 94.5 Å². The molecule has 38 heteroatoms. The van der Waals surface area contributed by atoms with Gasteiger partial charge in [0.1, 0.15) is 78.1 Å². The predicted octanol–water partition coefficient (Wildman–Crippen LogP) is 18.0. The maximum absolute atomic E-state index is 13.1. The molecule has 8 rings (SSSR count). The van der Waals surface area contributed by atoms with Crippen molar-refractivity contribution in [1.82, 2.24) is 19.9 Å².